The van der Waals surface area contributed by atoms with E-state index in [0.717, 1.165) is 21.7 Å². The number of hydrogen-bond donors (Lipinski definition) is 1. The van der Waals surface area contributed by atoms with E-state index in [1.807, 2.05) is 32.2 Å². The van der Waals surface area contributed by atoms with Crippen molar-refractivity contribution in [1.82, 2.24) is 5.32 Å². The maximum Gasteiger partial charge on any atom is 0.162 e. The molecule has 0 spiro atoms. The molecule has 1 atom stereocenters. The molecule has 4 heteroatoms. The molecule has 106 valence electrons. The van der Waals surface area contributed by atoms with Crippen molar-refractivity contribution in [3.8, 4) is 0 Å². The predicted octanol–water partition coefficient (Wildman–Crippen LogP) is 4.54. The Balaban J connectivity index is 2.28. The number of nitrogens with one attached hydrogen (secondary N) is 1. The van der Waals surface area contributed by atoms with Crippen LogP contribution in [0.5, 0.6) is 0 Å². The van der Waals surface area contributed by atoms with Crippen molar-refractivity contribution in [2.75, 3.05) is 7.05 Å². The van der Waals surface area contributed by atoms with Crippen LogP contribution >= 0.6 is 15.9 Å². The monoisotopic (exact) mass is 339 g/mol. The number of likely N-dealkylation sites (N-methyl/N-ethyl adjacent to an activating group) is 1. The summed E-state index contributed by atoms with van der Waals surface area (Å²) < 4.78 is 28.0. The number of rotatable bonds is 4. The van der Waals surface area contributed by atoms with Gasteiger partial charge in [-0.15, -0.1) is 0 Å². The molecule has 1 unspecified atom stereocenters. The third kappa shape index (κ3) is 3.25. The van der Waals surface area contributed by atoms with Crippen molar-refractivity contribution >= 4 is 15.9 Å². The Morgan fingerprint density at radius 2 is 1.95 bits per heavy atom. The lowest BCUT2D eigenvalue weighted by Crippen LogP contribution is -2.19. The molecule has 0 bridgehead atoms. The molecule has 0 aliphatic rings. The fourth-order valence-corrected chi connectivity index (χ4v) is 2.53. The number of hydrogen-bond acceptors (Lipinski definition) is 1. The van der Waals surface area contributed by atoms with E-state index in [4.69, 9.17) is 0 Å². The maximum atomic E-state index is 13.7. The van der Waals surface area contributed by atoms with Gasteiger partial charge in [-0.1, -0.05) is 40.2 Å². The molecule has 0 saturated carbocycles. The van der Waals surface area contributed by atoms with E-state index in [2.05, 4.69) is 21.2 Å². The van der Waals surface area contributed by atoms with Gasteiger partial charge in [0.15, 0.2) is 11.6 Å². The van der Waals surface area contributed by atoms with Gasteiger partial charge in [0, 0.05) is 10.5 Å². The third-order valence-corrected chi connectivity index (χ3v) is 4.26. The van der Waals surface area contributed by atoms with Crippen LogP contribution in [0.1, 0.15) is 22.7 Å². The third-order valence-electron chi connectivity index (χ3n) is 3.40. The van der Waals surface area contributed by atoms with E-state index in [1.54, 1.807) is 6.07 Å². The zero-order valence-corrected chi connectivity index (χ0v) is 13.0. The van der Waals surface area contributed by atoms with Crippen LogP contribution in [-0.4, -0.2) is 7.05 Å². The lowest BCUT2D eigenvalue weighted by atomic mass is 9.98. The Kier molecular flexibility index (Phi) is 4.89. The summed E-state index contributed by atoms with van der Waals surface area (Å²) >= 11 is 3.49. The number of benzene rings is 2. The molecule has 0 heterocycles. The normalized spacial score (nSPS) is 12.4. The first kappa shape index (κ1) is 15.1. The summed E-state index contributed by atoms with van der Waals surface area (Å²) in [7, 11) is 1.82. The Morgan fingerprint density at radius 1 is 1.20 bits per heavy atom. The molecule has 0 saturated heterocycles. The SMILES string of the molecule is CNC(Cc1cccc(F)c1F)c1ccc(C)c(Br)c1. The second-order valence-electron chi connectivity index (χ2n) is 4.77. The van der Waals surface area contributed by atoms with Gasteiger partial charge in [0.25, 0.3) is 0 Å². The minimum atomic E-state index is -0.803. The Labute approximate surface area is 126 Å². The number of aryl methyl sites for hydroxylation is 1. The minimum absolute atomic E-state index is 0.0665. The molecular formula is C16H16BrF2N. The van der Waals surface area contributed by atoms with Gasteiger partial charge in [-0.3, -0.25) is 0 Å². The van der Waals surface area contributed by atoms with E-state index in [1.165, 1.54) is 6.07 Å². The van der Waals surface area contributed by atoms with Crippen molar-refractivity contribution in [3.63, 3.8) is 0 Å². The summed E-state index contributed by atoms with van der Waals surface area (Å²) in [6.07, 6.45) is 0.398. The van der Waals surface area contributed by atoms with Crippen molar-refractivity contribution in [3.05, 3.63) is 69.2 Å². The van der Waals surface area contributed by atoms with Gasteiger partial charge in [0.2, 0.25) is 0 Å². The molecule has 0 aromatic heterocycles. The quantitative estimate of drug-likeness (QED) is 0.862. The molecule has 2 rings (SSSR count). The first-order valence-electron chi connectivity index (χ1n) is 6.39. The van der Waals surface area contributed by atoms with Gasteiger partial charge >= 0.3 is 0 Å². The fourth-order valence-electron chi connectivity index (χ4n) is 2.14. The van der Waals surface area contributed by atoms with E-state index in [-0.39, 0.29) is 6.04 Å². The van der Waals surface area contributed by atoms with Gasteiger partial charge in [0.05, 0.1) is 0 Å². The van der Waals surface area contributed by atoms with Crippen molar-refractivity contribution < 1.29 is 8.78 Å². The molecule has 0 radical (unpaired) electrons. The molecule has 0 aliphatic heterocycles. The van der Waals surface area contributed by atoms with Gasteiger partial charge in [-0.05, 0) is 49.2 Å². The largest absolute Gasteiger partial charge is 0.313 e. The predicted molar refractivity (Wildman–Crippen MR) is 80.7 cm³/mol. The first-order valence-corrected chi connectivity index (χ1v) is 7.18. The van der Waals surface area contributed by atoms with Crippen LogP contribution < -0.4 is 5.32 Å². The molecule has 0 amide bonds. The minimum Gasteiger partial charge on any atom is -0.313 e. The van der Waals surface area contributed by atoms with E-state index in [0.29, 0.717) is 12.0 Å². The second-order valence-corrected chi connectivity index (χ2v) is 5.62. The van der Waals surface area contributed by atoms with Gasteiger partial charge in [0.1, 0.15) is 0 Å². The van der Waals surface area contributed by atoms with Crippen LogP contribution in [0, 0.1) is 18.6 Å². The highest BCUT2D eigenvalue weighted by Crippen LogP contribution is 2.25. The van der Waals surface area contributed by atoms with Crippen LogP contribution in [0.3, 0.4) is 0 Å². The van der Waals surface area contributed by atoms with Gasteiger partial charge in [-0.25, -0.2) is 8.78 Å². The van der Waals surface area contributed by atoms with Crippen LogP contribution in [0.4, 0.5) is 8.78 Å². The molecule has 0 aliphatic carbocycles. The Hall–Kier alpha value is -1.26. The zero-order chi connectivity index (χ0) is 14.7. The lowest BCUT2D eigenvalue weighted by Gasteiger charge is -2.18. The Bertz CT molecular complexity index is 613. The summed E-state index contributed by atoms with van der Waals surface area (Å²) in [5.41, 5.74) is 2.55. The van der Waals surface area contributed by atoms with E-state index >= 15 is 0 Å². The van der Waals surface area contributed by atoms with Crippen LogP contribution in [-0.2, 0) is 6.42 Å². The molecule has 1 N–H and O–H groups in total. The van der Waals surface area contributed by atoms with Gasteiger partial charge in [-0.2, -0.15) is 0 Å². The van der Waals surface area contributed by atoms with Gasteiger partial charge < -0.3 is 5.32 Å². The highest BCUT2D eigenvalue weighted by Gasteiger charge is 2.15. The standard InChI is InChI=1S/C16H16BrF2N/c1-10-6-7-11(8-13(10)17)15(20-2)9-12-4-3-5-14(18)16(12)19/h3-8,15,20H,9H2,1-2H3. The second kappa shape index (κ2) is 6.46. The molecular weight excluding hydrogens is 324 g/mol. The average Bonchev–Trinajstić information content (AvgIpc) is 2.44. The summed E-state index contributed by atoms with van der Waals surface area (Å²) in [5.74, 6) is -1.57. The summed E-state index contributed by atoms with van der Waals surface area (Å²) in [4.78, 5) is 0. The smallest absolute Gasteiger partial charge is 0.162 e. The Morgan fingerprint density at radius 3 is 2.60 bits per heavy atom. The molecule has 20 heavy (non-hydrogen) atoms. The highest BCUT2D eigenvalue weighted by molar-refractivity contribution is 9.10. The lowest BCUT2D eigenvalue weighted by molar-refractivity contribution is 0.487. The molecule has 0 fully saturated rings. The molecule has 2 aromatic carbocycles. The topological polar surface area (TPSA) is 12.0 Å². The van der Waals surface area contributed by atoms with E-state index in [9.17, 15) is 8.78 Å². The average molecular weight is 340 g/mol. The highest BCUT2D eigenvalue weighted by atomic mass is 79.9. The first-order chi connectivity index (χ1) is 9.52. The van der Waals surface area contributed by atoms with Crippen molar-refractivity contribution in [1.29, 1.82) is 0 Å². The van der Waals surface area contributed by atoms with Crippen LogP contribution in [0.15, 0.2) is 40.9 Å². The molecule has 2 aromatic rings. The van der Waals surface area contributed by atoms with Crippen molar-refractivity contribution in [2.45, 2.75) is 19.4 Å². The summed E-state index contributed by atoms with van der Waals surface area (Å²) in [6.45, 7) is 2.01. The maximum absolute atomic E-state index is 13.7. The van der Waals surface area contributed by atoms with Crippen molar-refractivity contribution in [2.24, 2.45) is 0 Å². The zero-order valence-electron chi connectivity index (χ0n) is 11.4. The van der Waals surface area contributed by atoms with Crippen LogP contribution in [0.2, 0.25) is 0 Å². The van der Waals surface area contributed by atoms with E-state index < -0.39 is 11.6 Å². The summed E-state index contributed by atoms with van der Waals surface area (Å²) in [5, 5.41) is 3.15. The fraction of sp³-hybridized carbons (Fsp3) is 0.250. The number of halogens is 3. The molecule has 1 nitrogen and oxygen atoms in total. The van der Waals surface area contributed by atoms with Crippen LogP contribution in [0.25, 0.3) is 0 Å². The summed E-state index contributed by atoms with van der Waals surface area (Å²) in [6, 6.07) is 10.2.